The summed E-state index contributed by atoms with van der Waals surface area (Å²) in [5, 5.41) is 8.83. The number of hydrogen-bond acceptors (Lipinski definition) is 2. The minimum absolute atomic E-state index is 0.0490. The molecule has 1 atom stereocenters. The third-order valence-electron chi connectivity index (χ3n) is 2.43. The molecule has 0 bridgehead atoms. The van der Waals surface area contributed by atoms with E-state index >= 15 is 0 Å². The standard InChI is InChI=1S/C11H17NO/c1-8-4-3-5-10(9(8)2)6-11(12)7-13/h3-5,11,13H,6-7,12H2,1-2H3/t11-/m0/s1. The summed E-state index contributed by atoms with van der Waals surface area (Å²) in [6.45, 7) is 4.23. The molecule has 2 nitrogen and oxygen atoms in total. The summed E-state index contributed by atoms with van der Waals surface area (Å²) >= 11 is 0. The van der Waals surface area contributed by atoms with E-state index in [-0.39, 0.29) is 12.6 Å². The quantitative estimate of drug-likeness (QED) is 0.731. The molecule has 0 saturated heterocycles. The average molecular weight is 179 g/mol. The number of aliphatic hydroxyl groups excluding tert-OH is 1. The molecule has 0 aromatic heterocycles. The fourth-order valence-electron chi connectivity index (χ4n) is 1.38. The van der Waals surface area contributed by atoms with Gasteiger partial charge in [0.2, 0.25) is 0 Å². The number of nitrogens with two attached hydrogens (primary N) is 1. The lowest BCUT2D eigenvalue weighted by Crippen LogP contribution is -2.27. The first-order chi connectivity index (χ1) is 6.15. The van der Waals surface area contributed by atoms with Crippen LogP contribution in [0.15, 0.2) is 18.2 Å². The van der Waals surface area contributed by atoms with Crippen molar-refractivity contribution >= 4 is 0 Å². The smallest absolute Gasteiger partial charge is 0.0585 e. The Morgan fingerprint density at radius 1 is 1.38 bits per heavy atom. The lowest BCUT2D eigenvalue weighted by molar-refractivity contribution is 0.265. The van der Waals surface area contributed by atoms with E-state index in [1.54, 1.807) is 0 Å². The summed E-state index contributed by atoms with van der Waals surface area (Å²) in [5.41, 5.74) is 9.48. The Labute approximate surface area is 79.4 Å². The second-order valence-electron chi connectivity index (χ2n) is 3.51. The van der Waals surface area contributed by atoms with Crippen molar-refractivity contribution in [2.45, 2.75) is 26.3 Å². The van der Waals surface area contributed by atoms with E-state index in [2.05, 4.69) is 26.0 Å². The molecule has 0 amide bonds. The molecule has 0 aliphatic heterocycles. The van der Waals surface area contributed by atoms with Gasteiger partial charge in [0, 0.05) is 6.04 Å². The van der Waals surface area contributed by atoms with Crippen LogP contribution < -0.4 is 5.73 Å². The maximum Gasteiger partial charge on any atom is 0.0585 e. The lowest BCUT2D eigenvalue weighted by atomic mass is 9.98. The molecule has 0 radical (unpaired) electrons. The summed E-state index contributed by atoms with van der Waals surface area (Å²) in [7, 11) is 0. The van der Waals surface area contributed by atoms with Gasteiger partial charge in [-0.25, -0.2) is 0 Å². The van der Waals surface area contributed by atoms with E-state index in [1.165, 1.54) is 16.7 Å². The van der Waals surface area contributed by atoms with Crippen LogP contribution in [0.2, 0.25) is 0 Å². The van der Waals surface area contributed by atoms with Crippen molar-refractivity contribution in [3.63, 3.8) is 0 Å². The Bertz CT molecular complexity index is 283. The highest BCUT2D eigenvalue weighted by Gasteiger charge is 2.05. The van der Waals surface area contributed by atoms with E-state index < -0.39 is 0 Å². The van der Waals surface area contributed by atoms with Crippen LogP contribution >= 0.6 is 0 Å². The molecule has 1 aromatic carbocycles. The van der Waals surface area contributed by atoms with Gasteiger partial charge in [0.05, 0.1) is 6.61 Å². The molecule has 0 aliphatic carbocycles. The summed E-state index contributed by atoms with van der Waals surface area (Å²) in [6.07, 6.45) is 0.754. The topological polar surface area (TPSA) is 46.2 Å². The second-order valence-corrected chi connectivity index (χ2v) is 3.51. The molecule has 1 aromatic rings. The van der Waals surface area contributed by atoms with Crippen molar-refractivity contribution in [3.05, 3.63) is 34.9 Å². The first-order valence-corrected chi connectivity index (χ1v) is 4.56. The maximum atomic E-state index is 8.83. The van der Waals surface area contributed by atoms with Crippen LogP contribution in [-0.4, -0.2) is 17.8 Å². The summed E-state index contributed by atoms with van der Waals surface area (Å²) in [5.74, 6) is 0. The van der Waals surface area contributed by atoms with Gasteiger partial charge in [-0.15, -0.1) is 0 Å². The summed E-state index contributed by atoms with van der Waals surface area (Å²) in [4.78, 5) is 0. The van der Waals surface area contributed by atoms with Gasteiger partial charge in [0.25, 0.3) is 0 Å². The van der Waals surface area contributed by atoms with E-state index in [0.29, 0.717) is 0 Å². The molecule has 0 heterocycles. The Morgan fingerprint density at radius 3 is 2.69 bits per heavy atom. The molecule has 3 N–H and O–H groups in total. The molecule has 1 rings (SSSR count). The molecule has 0 aliphatic rings. The van der Waals surface area contributed by atoms with Crippen molar-refractivity contribution < 1.29 is 5.11 Å². The third kappa shape index (κ3) is 2.54. The number of benzene rings is 1. The Balaban J connectivity index is 2.83. The second kappa shape index (κ2) is 4.40. The van der Waals surface area contributed by atoms with Crippen molar-refractivity contribution in [3.8, 4) is 0 Å². The zero-order chi connectivity index (χ0) is 9.84. The van der Waals surface area contributed by atoms with Gasteiger partial charge in [-0.05, 0) is 37.0 Å². The largest absolute Gasteiger partial charge is 0.395 e. The zero-order valence-electron chi connectivity index (χ0n) is 8.25. The minimum Gasteiger partial charge on any atom is -0.395 e. The molecule has 0 unspecified atom stereocenters. The van der Waals surface area contributed by atoms with E-state index in [9.17, 15) is 0 Å². The fraction of sp³-hybridized carbons (Fsp3) is 0.455. The molecule has 72 valence electrons. The highest BCUT2D eigenvalue weighted by atomic mass is 16.3. The van der Waals surface area contributed by atoms with Crippen LogP contribution in [0.5, 0.6) is 0 Å². The van der Waals surface area contributed by atoms with Crippen LogP contribution in [-0.2, 0) is 6.42 Å². The summed E-state index contributed by atoms with van der Waals surface area (Å²) < 4.78 is 0. The predicted molar refractivity (Wildman–Crippen MR) is 54.7 cm³/mol. The minimum atomic E-state index is -0.138. The molecular weight excluding hydrogens is 162 g/mol. The monoisotopic (exact) mass is 179 g/mol. The van der Waals surface area contributed by atoms with Crippen molar-refractivity contribution in [1.82, 2.24) is 0 Å². The predicted octanol–water partition coefficient (Wildman–Crippen LogP) is 1.17. The van der Waals surface area contributed by atoms with Gasteiger partial charge in [0.1, 0.15) is 0 Å². The average Bonchev–Trinajstić information content (AvgIpc) is 2.13. The van der Waals surface area contributed by atoms with Gasteiger partial charge in [-0.1, -0.05) is 18.2 Å². The van der Waals surface area contributed by atoms with Crippen molar-refractivity contribution in [2.24, 2.45) is 5.73 Å². The highest BCUT2D eigenvalue weighted by molar-refractivity contribution is 5.33. The van der Waals surface area contributed by atoms with Crippen LogP contribution in [0.4, 0.5) is 0 Å². The maximum absolute atomic E-state index is 8.83. The molecule has 13 heavy (non-hydrogen) atoms. The molecule has 0 spiro atoms. The van der Waals surface area contributed by atoms with Gasteiger partial charge in [-0.2, -0.15) is 0 Å². The SMILES string of the molecule is Cc1cccc(C[C@H](N)CO)c1C. The Kier molecular flexibility index (Phi) is 3.46. The van der Waals surface area contributed by atoms with E-state index in [4.69, 9.17) is 10.8 Å². The zero-order valence-corrected chi connectivity index (χ0v) is 8.25. The molecule has 2 heteroatoms. The van der Waals surface area contributed by atoms with E-state index in [1.807, 2.05) is 6.07 Å². The van der Waals surface area contributed by atoms with E-state index in [0.717, 1.165) is 6.42 Å². The molecular formula is C11H17NO. The fourth-order valence-corrected chi connectivity index (χ4v) is 1.38. The van der Waals surface area contributed by atoms with Gasteiger partial charge in [-0.3, -0.25) is 0 Å². The van der Waals surface area contributed by atoms with Gasteiger partial charge >= 0.3 is 0 Å². The molecule has 0 fully saturated rings. The number of rotatable bonds is 3. The number of aliphatic hydroxyl groups is 1. The third-order valence-corrected chi connectivity index (χ3v) is 2.43. The van der Waals surface area contributed by atoms with Crippen molar-refractivity contribution in [2.75, 3.05) is 6.61 Å². The van der Waals surface area contributed by atoms with Crippen molar-refractivity contribution in [1.29, 1.82) is 0 Å². The summed E-state index contributed by atoms with van der Waals surface area (Å²) in [6, 6.07) is 6.05. The lowest BCUT2D eigenvalue weighted by Gasteiger charge is -2.11. The van der Waals surface area contributed by atoms with Gasteiger partial charge < -0.3 is 10.8 Å². The normalized spacial score (nSPS) is 12.9. The number of hydrogen-bond donors (Lipinski definition) is 2. The first-order valence-electron chi connectivity index (χ1n) is 4.56. The van der Waals surface area contributed by atoms with Crippen LogP contribution in [0.25, 0.3) is 0 Å². The Morgan fingerprint density at radius 2 is 2.08 bits per heavy atom. The van der Waals surface area contributed by atoms with Crippen LogP contribution in [0, 0.1) is 13.8 Å². The Hall–Kier alpha value is -0.860. The van der Waals surface area contributed by atoms with Gasteiger partial charge in [0.15, 0.2) is 0 Å². The molecule has 0 saturated carbocycles. The highest BCUT2D eigenvalue weighted by Crippen LogP contribution is 2.13. The first kappa shape index (κ1) is 10.2. The number of aryl methyl sites for hydroxylation is 1. The van der Waals surface area contributed by atoms with Crippen LogP contribution in [0.1, 0.15) is 16.7 Å². The van der Waals surface area contributed by atoms with Crippen LogP contribution in [0.3, 0.4) is 0 Å².